The number of nitrogens with zero attached hydrogens (tertiary/aromatic N) is 5. The highest BCUT2D eigenvalue weighted by molar-refractivity contribution is 5.73. The summed E-state index contributed by atoms with van der Waals surface area (Å²) in [5, 5.41) is 49.5. The standard InChI is InChI=1S/C13H13N5O5.C2HF3O2/c19-10-3-8(13-16-14-7-15-17-13)1-2-9(10)4-18(5-11(20)21)6-12(22)23;3-2(4,5)1(6)7/h1-3,7,19H,4-6H2,(H,20,21)(H,22,23);(H,6,7). The Balaban J connectivity index is 0.000000553. The van der Waals surface area contributed by atoms with Gasteiger partial charge in [0.1, 0.15) is 5.75 Å². The van der Waals surface area contributed by atoms with Gasteiger partial charge in [0.25, 0.3) is 0 Å². The van der Waals surface area contributed by atoms with Crippen LogP contribution in [0.4, 0.5) is 13.2 Å². The quantitative estimate of drug-likeness (QED) is 0.467. The molecular weight excluding hydrogens is 419 g/mol. The minimum Gasteiger partial charge on any atom is -0.508 e. The molecule has 0 amide bonds. The van der Waals surface area contributed by atoms with Crippen LogP contribution >= 0.6 is 0 Å². The van der Waals surface area contributed by atoms with E-state index in [0.717, 1.165) is 0 Å². The summed E-state index contributed by atoms with van der Waals surface area (Å²) in [5.41, 5.74) is 0.864. The van der Waals surface area contributed by atoms with E-state index in [4.69, 9.17) is 20.1 Å². The monoisotopic (exact) mass is 433 g/mol. The van der Waals surface area contributed by atoms with Gasteiger partial charge in [-0.2, -0.15) is 13.2 Å². The van der Waals surface area contributed by atoms with Crippen molar-refractivity contribution in [3.05, 3.63) is 30.1 Å². The Morgan fingerprint density at radius 2 is 1.47 bits per heavy atom. The number of benzene rings is 1. The van der Waals surface area contributed by atoms with Gasteiger partial charge in [0.2, 0.25) is 5.82 Å². The lowest BCUT2D eigenvalue weighted by atomic mass is 10.1. The van der Waals surface area contributed by atoms with Crippen molar-refractivity contribution in [2.45, 2.75) is 12.7 Å². The molecule has 0 radical (unpaired) electrons. The number of phenols is 1. The zero-order chi connectivity index (χ0) is 22.9. The third-order valence-corrected chi connectivity index (χ3v) is 3.11. The molecule has 1 aromatic carbocycles. The van der Waals surface area contributed by atoms with Crippen LogP contribution in [-0.2, 0) is 20.9 Å². The molecule has 0 atom stereocenters. The fraction of sp³-hybridized carbons (Fsp3) is 0.267. The van der Waals surface area contributed by atoms with Crippen molar-refractivity contribution in [1.29, 1.82) is 0 Å². The lowest BCUT2D eigenvalue weighted by molar-refractivity contribution is -0.192. The second-order valence-corrected chi connectivity index (χ2v) is 5.45. The largest absolute Gasteiger partial charge is 0.508 e. The van der Waals surface area contributed by atoms with E-state index in [0.29, 0.717) is 11.1 Å². The average Bonchev–Trinajstić information content (AvgIpc) is 2.62. The normalized spacial score (nSPS) is 10.8. The zero-order valence-corrected chi connectivity index (χ0v) is 14.8. The second-order valence-electron chi connectivity index (χ2n) is 5.45. The average molecular weight is 433 g/mol. The number of halogens is 3. The minimum atomic E-state index is -5.08. The first kappa shape index (κ1) is 24.2. The maximum absolute atomic E-state index is 10.8. The summed E-state index contributed by atoms with van der Waals surface area (Å²) in [6.07, 6.45) is -3.91. The van der Waals surface area contributed by atoms with E-state index in [1.807, 2.05) is 0 Å². The number of alkyl halides is 3. The van der Waals surface area contributed by atoms with Crippen molar-refractivity contribution in [3.63, 3.8) is 0 Å². The van der Waals surface area contributed by atoms with Crippen LogP contribution in [0.5, 0.6) is 5.75 Å². The summed E-state index contributed by atoms with van der Waals surface area (Å²) in [6, 6.07) is 4.53. The predicted molar refractivity (Wildman–Crippen MR) is 89.0 cm³/mol. The Kier molecular flexibility index (Phi) is 8.54. The van der Waals surface area contributed by atoms with Crippen LogP contribution in [0.3, 0.4) is 0 Å². The molecule has 2 aromatic rings. The maximum Gasteiger partial charge on any atom is 0.490 e. The summed E-state index contributed by atoms with van der Waals surface area (Å²) in [7, 11) is 0. The van der Waals surface area contributed by atoms with Crippen LogP contribution in [0, 0.1) is 0 Å². The number of carboxylic acid groups (broad SMARTS) is 3. The first-order valence-electron chi connectivity index (χ1n) is 7.68. The van der Waals surface area contributed by atoms with Gasteiger partial charge in [0.05, 0.1) is 13.1 Å². The molecule has 1 heterocycles. The van der Waals surface area contributed by atoms with Gasteiger partial charge in [-0.1, -0.05) is 12.1 Å². The van der Waals surface area contributed by atoms with Gasteiger partial charge in [-0.05, 0) is 6.07 Å². The Hall–Kier alpha value is -3.88. The van der Waals surface area contributed by atoms with E-state index in [2.05, 4.69) is 20.4 Å². The molecule has 1 aromatic heterocycles. The molecule has 0 saturated carbocycles. The van der Waals surface area contributed by atoms with E-state index in [-0.39, 0.29) is 18.1 Å². The molecule has 0 aliphatic heterocycles. The lowest BCUT2D eigenvalue weighted by Crippen LogP contribution is -2.33. The molecule has 0 unspecified atom stereocenters. The highest BCUT2D eigenvalue weighted by atomic mass is 19.4. The molecule has 15 heteroatoms. The highest BCUT2D eigenvalue weighted by Crippen LogP contribution is 2.24. The van der Waals surface area contributed by atoms with Crippen molar-refractivity contribution in [1.82, 2.24) is 25.3 Å². The smallest absolute Gasteiger partial charge is 0.490 e. The number of hydrogen-bond acceptors (Lipinski definition) is 9. The van der Waals surface area contributed by atoms with Crippen molar-refractivity contribution in [3.8, 4) is 17.1 Å². The molecular formula is C15H14F3N5O7. The van der Waals surface area contributed by atoms with Gasteiger partial charge >= 0.3 is 24.1 Å². The number of carboxylic acids is 3. The van der Waals surface area contributed by atoms with Crippen LogP contribution < -0.4 is 0 Å². The number of hydrogen-bond donors (Lipinski definition) is 4. The van der Waals surface area contributed by atoms with E-state index in [9.17, 15) is 27.9 Å². The van der Waals surface area contributed by atoms with E-state index in [1.54, 1.807) is 6.07 Å². The Bertz CT molecular complexity index is 880. The van der Waals surface area contributed by atoms with Crippen molar-refractivity contribution in [2.24, 2.45) is 0 Å². The van der Waals surface area contributed by atoms with Crippen molar-refractivity contribution < 1.29 is 48.0 Å². The molecule has 162 valence electrons. The molecule has 0 fully saturated rings. The summed E-state index contributed by atoms with van der Waals surface area (Å²) < 4.78 is 31.7. The molecule has 30 heavy (non-hydrogen) atoms. The summed E-state index contributed by atoms with van der Waals surface area (Å²) in [4.78, 5) is 31.6. The van der Waals surface area contributed by atoms with Crippen LogP contribution in [0.2, 0.25) is 0 Å². The zero-order valence-electron chi connectivity index (χ0n) is 14.8. The summed E-state index contributed by atoms with van der Waals surface area (Å²) >= 11 is 0. The third-order valence-electron chi connectivity index (χ3n) is 3.11. The van der Waals surface area contributed by atoms with E-state index in [1.165, 1.54) is 23.4 Å². The Morgan fingerprint density at radius 3 is 1.87 bits per heavy atom. The highest BCUT2D eigenvalue weighted by Gasteiger charge is 2.38. The van der Waals surface area contributed by atoms with Crippen molar-refractivity contribution in [2.75, 3.05) is 13.1 Å². The van der Waals surface area contributed by atoms with Gasteiger partial charge in [-0.25, -0.2) is 4.79 Å². The van der Waals surface area contributed by atoms with Crippen LogP contribution in [0.1, 0.15) is 5.56 Å². The molecule has 0 aliphatic carbocycles. The molecule has 0 bridgehead atoms. The summed E-state index contributed by atoms with van der Waals surface area (Å²) in [5.74, 6) is -4.97. The SMILES string of the molecule is O=C(O)C(F)(F)F.O=C(O)CN(CC(=O)O)Cc1ccc(-c2nncnn2)cc1O. The predicted octanol–water partition coefficient (Wildman–Crippen LogP) is 0.244. The fourth-order valence-corrected chi connectivity index (χ4v) is 1.95. The van der Waals surface area contributed by atoms with Crippen LogP contribution in [0.15, 0.2) is 24.5 Å². The van der Waals surface area contributed by atoms with E-state index >= 15 is 0 Å². The van der Waals surface area contributed by atoms with Gasteiger partial charge in [0, 0.05) is 17.7 Å². The molecule has 2 rings (SSSR count). The number of carbonyl (C=O) groups is 3. The Labute approximate surface area is 165 Å². The molecule has 0 aliphatic rings. The molecule has 0 spiro atoms. The van der Waals surface area contributed by atoms with Crippen LogP contribution in [0.25, 0.3) is 11.4 Å². The maximum atomic E-state index is 10.8. The van der Waals surface area contributed by atoms with Crippen LogP contribution in [-0.4, -0.2) is 82.9 Å². The third kappa shape index (κ3) is 8.42. The molecule has 0 saturated heterocycles. The van der Waals surface area contributed by atoms with Gasteiger partial charge < -0.3 is 20.4 Å². The number of rotatable bonds is 7. The van der Waals surface area contributed by atoms with Gasteiger partial charge in [-0.3, -0.25) is 14.5 Å². The topological polar surface area (TPSA) is 187 Å². The van der Waals surface area contributed by atoms with Crippen molar-refractivity contribution >= 4 is 17.9 Å². The number of aromatic hydroxyl groups is 1. The second kappa shape index (κ2) is 10.6. The van der Waals surface area contributed by atoms with E-state index < -0.39 is 37.2 Å². The summed E-state index contributed by atoms with van der Waals surface area (Å²) in [6.45, 7) is -0.941. The first-order valence-corrected chi connectivity index (χ1v) is 7.68. The van der Waals surface area contributed by atoms with Gasteiger partial charge in [0.15, 0.2) is 6.33 Å². The Morgan fingerprint density at radius 1 is 0.967 bits per heavy atom. The molecule has 4 N–H and O–H groups in total. The fourth-order valence-electron chi connectivity index (χ4n) is 1.95. The number of phenolic OH excluding ortho intramolecular Hbond substituents is 1. The first-order chi connectivity index (χ1) is 13.9. The number of aliphatic carboxylic acids is 3. The minimum absolute atomic E-state index is 0.0309. The lowest BCUT2D eigenvalue weighted by Gasteiger charge is -2.18. The molecule has 12 nitrogen and oxygen atoms in total. The van der Waals surface area contributed by atoms with Gasteiger partial charge in [-0.15, -0.1) is 20.4 Å². The number of aromatic nitrogens is 4.